The molecule has 0 aliphatic heterocycles. The molecule has 0 aromatic heterocycles. The van der Waals surface area contributed by atoms with Gasteiger partial charge in [0, 0.05) is 13.0 Å². The zero-order valence-corrected chi connectivity index (χ0v) is 9.18. The van der Waals surface area contributed by atoms with Crippen LogP contribution in [0.3, 0.4) is 0 Å². The largest absolute Gasteiger partial charge is 0.389 e. The first kappa shape index (κ1) is 11.5. The highest BCUT2D eigenvalue weighted by Gasteiger charge is 2.19. The molecule has 0 atom stereocenters. The summed E-state index contributed by atoms with van der Waals surface area (Å²) in [5.74, 6) is 0.663. The van der Waals surface area contributed by atoms with Crippen molar-refractivity contribution in [1.29, 1.82) is 0 Å². The molecule has 0 aromatic carbocycles. The highest BCUT2D eigenvalue weighted by molar-refractivity contribution is 5.76. The fourth-order valence-electron chi connectivity index (χ4n) is 1.86. The Labute approximate surface area is 85.9 Å². The minimum Gasteiger partial charge on any atom is -0.389 e. The summed E-state index contributed by atoms with van der Waals surface area (Å²) < 4.78 is 0. The SMILES string of the molecule is CC(C)(O)CNC(=O)CC1CCCC1. The average Bonchev–Trinajstić information content (AvgIpc) is 2.52. The lowest BCUT2D eigenvalue weighted by Crippen LogP contribution is -2.38. The Balaban J connectivity index is 2.15. The summed E-state index contributed by atoms with van der Waals surface area (Å²) in [5.41, 5.74) is -0.800. The van der Waals surface area contributed by atoms with Crippen LogP contribution in [0.25, 0.3) is 0 Å². The molecule has 0 aromatic rings. The minimum absolute atomic E-state index is 0.0824. The lowest BCUT2D eigenvalue weighted by atomic mass is 10.0. The normalized spacial score (nSPS) is 18.5. The van der Waals surface area contributed by atoms with E-state index in [1.165, 1.54) is 25.7 Å². The Hall–Kier alpha value is -0.570. The molecule has 82 valence electrons. The second-order valence-corrected chi connectivity index (χ2v) is 4.94. The molecule has 0 radical (unpaired) electrons. The summed E-state index contributed by atoms with van der Waals surface area (Å²) in [7, 11) is 0. The van der Waals surface area contributed by atoms with E-state index in [1.54, 1.807) is 13.8 Å². The molecule has 1 amide bonds. The van der Waals surface area contributed by atoms with Crippen molar-refractivity contribution in [3.05, 3.63) is 0 Å². The summed E-state index contributed by atoms with van der Waals surface area (Å²) in [6, 6.07) is 0. The Morgan fingerprint density at radius 1 is 1.43 bits per heavy atom. The van der Waals surface area contributed by atoms with Crippen LogP contribution in [0.2, 0.25) is 0 Å². The van der Waals surface area contributed by atoms with Gasteiger partial charge in [0.2, 0.25) is 5.91 Å². The van der Waals surface area contributed by atoms with E-state index in [-0.39, 0.29) is 5.91 Å². The molecule has 3 heteroatoms. The molecule has 3 nitrogen and oxygen atoms in total. The Kier molecular flexibility index (Phi) is 3.93. The van der Waals surface area contributed by atoms with Gasteiger partial charge in [-0.3, -0.25) is 4.79 Å². The summed E-state index contributed by atoms with van der Waals surface area (Å²) in [6.07, 6.45) is 5.55. The predicted octanol–water partition coefficient (Wildman–Crippen LogP) is 1.45. The van der Waals surface area contributed by atoms with Crippen molar-refractivity contribution in [2.75, 3.05) is 6.54 Å². The number of nitrogens with one attached hydrogen (secondary N) is 1. The molecule has 14 heavy (non-hydrogen) atoms. The zero-order valence-electron chi connectivity index (χ0n) is 9.18. The lowest BCUT2D eigenvalue weighted by Gasteiger charge is -2.18. The van der Waals surface area contributed by atoms with Gasteiger partial charge >= 0.3 is 0 Å². The average molecular weight is 199 g/mol. The molecule has 0 heterocycles. The van der Waals surface area contributed by atoms with Crippen LogP contribution in [0, 0.1) is 5.92 Å². The van der Waals surface area contributed by atoms with E-state index in [2.05, 4.69) is 5.32 Å². The summed E-state index contributed by atoms with van der Waals surface area (Å²) in [6.45, 7) is 3.74. The summed E-state index contributed by atoms with van der Waals surface area (Å²) in [5, 5.41) is 12.2. The fraction of sp³-hybridized carbons (Fsp3) is 0.909. The first-order chi connectivity index (χ1) is 6.47. The van der Waals surface area contributed by atoms with Crippen LogP contribution in [0.15, 0.2) is 0 Å². The maximum Gasteiger partial charge on any atom is 0.220 e. The van der Waals surface area contributed by atoms with Gasteiger partial charge in [-0.15, -0.1) is 0 Å². The third-order valence-corrected chi connectivity index (χ3v) is 2.67. The number of hydrogen-bond donors (Lipinski definition) is 2. The van der Waals surface area contributed by atoms with Crippen LogP contribution in [-0.2, 0) is 4.79 Å². The number of aliphatic hydroxyl groups is 1. The smallest absolute Gasteiger partial charge is 0.220 e. The van der Waals surface area contributed by atoms with Gasteiger partial charge in [-0.1, -0.05) is 12.8 Å². The minimum atomic E-state index is -0.800. The molecule has 1 aliphatic rings. The van der Waals surface area contributed by atoms with E-state index in [4.69, 9.17) is 0 Å². The molecular weight excluding hydrogens is 178 g/mol. The van der Waals surface area contributed by atoms with Gasteiger partial charge in [0.1, 0.15) is 0 Å². The van der Waals surface area contributed by atoms with Crippen LogP contribution < -0.4 is 5.32 Å². The third kappa shape index (κ3) is 4.61. The second-order valence-electron chi connectivity index (χ2n) is 4.94. The Bertz CT molecular complexity index is 190. The van der Waals surface area contributed by atoms with Gasteiger partial charge in [0.05, 0.1) is 5.60 Å². The highest BCUT2D eigenvalue weighted by atomic mass is 16.3. The van der Waals surface area contributed by atoms with Crippen LogP contribution in [-0.4, -0.2) is 23.2 Å². The van der Waals surface area contributed by atoms with Crippen molar-refractivity contribution in [3.8, 4) is 0 Å². The number of rotatable bonds is 4. The number of carbonyl (C=O) groups is 1. The Morgan fingerprint density at radius 2 is 2.00 bits per heavy atom. The molecule has 1 saturated carbocycles. The lowest BCUT2D eigenvalue weighted by molar-refractivity contribution is -0.123. The number of amides is 1. The summed E-state index contributed by atoms with van der Waals surface area (Å²) >= 11 is 0. The third-order valence-electron chi connectivity index (χ3n) is 2.67. The van der Waals surface area contributed by atoms with Crippen molar-refractivity contribution in [1.82, 2.24) is 5.32 Å². The molecular formula is C11H21NO2. The van der Waals surface area contributed by atoms with Gasteiger partial charge < -0.3 is 10.4 Å². The van der Waals surface area contributed by atoms with Crippen molar-refractivity contribution in [2.45, 2.75) is 51.6 Å². The first-order valence-electron chi connectivity index (χ1n) is 5.46. The number of carbonyl (C=O) groups excluding carboxylic acids is 1. The van der Waals surface area contributed by atoms with Gasteiger partial charge in [-0.05, 0) is 32.6 Å². The summed E-state index contributed by atoms with van der Waals surface area (Å²) in [4.78, 5) is 11.4. The molecule has 2 N–H and O–H groups in total. The van der Waals surface area contributed by atoms with E-state index in [9.17, 15) is 9.90 Å². The monoisotopic (exact) mass is 199 g/mol. The topological polar surface area (TPSA) is 49.3 Å². The van der Waals surface area contributed by atoms with E-state index < -0.39 is 5.60 Å². The molecule has 1 fully saturated rings. The maximum absolute atomic E-state index is 11.4. The zero-order chi connectivity index (χ0) is 10.6. The van der Waals surface area contributed by atoms with Crippen LogP contribution >= 0.6 is 0 Å². The molecule has 1 aliphatic carbocycles. The quantitative estimate of drug-likeness (QED) is 0.720. The number of hydrogen-bond acceptors (Lipinski definition) is 2. The van der Waals surface area contributed by atoms with E-state index >= 15 is 0 Å². The van der Waals surface area contributed by atoms with Gasteiger partial charge in [-0.25, -0.2) is 0 Å². The van der Waals surface area contributed by atoms with Crippen LogP contribution in [0.4, 0.5) is 0 Å². The van der Waals surface area contributed by atoms with Crippen LogP contribution in [0.5, 0.6) is 0 Å². The molecule has 0 spiro atoms. The van der Waals surface area contributed by atoms with Gasteiger partial charge in [-0.2, -0.15) is 0 Å². The van der Waals surface area contributed by atoms with Gasteiger partial charge in [0.15, 0.2) is 0 Å². The second kappa shape index (κ2) is 4.78. The maximum atomic E-state index is 11.4. The fourth-order valence-corrected chi connectivity index (χ4v) is 1.86. The van der Waals surface area contributed by atoms with E-state index in [1.807, 2.05) is 0 Å². The van der Waals surface area contributed by atoms with Crippen molar-refractivity contribution in [2.24, 2.45) is 5.92 Å². The van der Waals surface area contributed by atoms with Crippen molar-refractivity contribution < 1.29 is 9.90 Å². The predicted molar refractivity (Wildman–Crippen MR) is 55.9 cm³/mol. The first-order valence-corrected chi connectivity index (χ1v) is 5.46. The van der Waals surface area contributed by atoms with Crippen molar-refractivity contribution in [3.63, 3.8) is 0 Å². The van der Waals surface area contributed by atoms with E-state index in [0.29, 0.717) is 18.9 Å². The van der Waals surface area contributed by atoms with Crippen molar-refractivity contribution >= 4 is 5.91 Å². The molecule has 0 bridgehead atoms. The standard InChI is InChI=1S/C11H21NO2/c1-11(2,14)8-12-10(13)7-9-5-3-4-6-9/h9,14H,3-8H2,1-2H3,(H,12,13). The molecule has 0 unspecified atom stereocenters. The molecule has 0 saturated heterocycles. The Morgan fingerprint density at radius 3 is 2.50 bits per heavy atom. The molecule has 1 rings (SSSR count). The van der Waals surface area contributed by atoms with Gasteiger partial charge in [0.25, 0.3) is 0 Å². The van der Waals surface area contributed by atoms with E-state index in [0.717, 1.165) is 0 Å². The van der Waals surface area contributed by atoms with Crippen LogP contribution in [0.1, 0.15) is 46.0 Å². The highest BCUT2D eigenvalue weighted by Crippen LogP contribution is 2.27.